The van der Waals surface area contributed by atoms with Crippen LogP contribution in [0.1, 0.15) is 45.4 Å². The van der Waals surface area contributed by atoms with Crippen molar-refractivity contribution >= 4 is 5.97 Å². The summed E-state index contributed by atoms with van der Waals surface area (Å²) in [6.45, 7) is 8.44. The minimum absolute atomic E-state index is 0.453. The van der Waals surface area contributed by atoms with Gasteiger partial charge in [0.25, 0.3) is 0 Å². The molecule has 2 aliphatic rings. The third-order valence-corrected chi connectivity index (χ3v) is 4.80. The molecule has 0 radical (unpaired) electrons. The molecule has 2 fully saturated rings. The molecule has 0 amide bonds. The lowest BCUT2D eigenvalue weighted by Gasteiger charge is -2.41. The molecule has 1 aliphatic heterocycles. The van der Waals surface area contributed by atoms with E-state index in [1.165, 1.54) is 19.4 Å². The van der Waals surface area contributed by atoms with Crippen molar-refractivity contribution in [3.05, 3.63) is 0 Å². The quantitative estimate of drug-likeness (QED) is 0.829. The number of hydrogen-bond acceptors (Lipinski definition) is 3. The third kappa shape index (κ3) is 3.69. The number of nitrogens with zero attached hydrogens (tertiary/aromatic N) is 2. The zero-order chi connectivity index (χ0) is 13.7. The maximum absolute atomic E-state index is 11.7. The lowest BCUT2D eigenvalue weighted by atomic mass is 9.73. The monoisotopic (exact) mass is 268 g/mol. The summed E-state index contributed by atoms with van der Waals surface area (Å²) in [4.78, 5) is 16.6. The molecule has 1 heterocycles. The maximum atomic E-state index is 11.7. The molecule has 110 valence electrons. The number of carboxylic acid groups (broad SMARTS) is 1. The van der Waals surface area contributed by atoms with E-state index in [9.17, 15) is 9.90 Å². The van der Waals surface area contributed by atoms with E-state index in [1.54, 1.807) is 0 Å². The summed E-state index contributed by atoms with van der Waals surface area (Å²) in [7, 11) is 0. The number of rotatable bonds is 5. The van der Waals surface area contributed by atoms with Crippen molar-refractivity contribution in [2.45, 2.75) is 45.4 Å². The van der Waals surface area contributed by atoms with Gasteiger partial charge in [-0.3, -0.25) is 9.69 Å². The van der Waals surface area contributed by atoms with Crippen LogP contribution in [0.4, 0.5) is 0 Å². The van der Waals surface area contributed by atoms with Gasteiger partial charge in [0, 0.05) is 32.7 Å². The second-order valence-electron chi connectivity index (χ2n) is 6.26. The van der Waals surface area contributed by atoms with Crippen molar-refractivity contribution in [1.29, 1.82) is 0 Å². The van der Waals surface area contributed by atoms with Crippen molar-refractivity contribution in [2.24, 2.45) is 5.41 Å². The number of aliphatic carboxylic acids is 1. The Morgan fingerprint density at radius 2 is 1.63 bits per heavy atom. The molecule has 2 rings (SSSR count). The number of carboxylic acids is 1. The summed E-state index contributed by atoms with van der Waals surface area (Å²) < 4.78 is 0. The minimum Gasteiger partial charge on any atom is -0.481 e. The van der Waals surface area contributed by atoms with Gasteiger partial charge in [0.05, 0.1) is 5.41 Å². The second-order valence-corrected chi connectivity index (χ2v) is 6.26. The molecular weight excluding hydrogens is 240 g/mol. The average molecular weight is 268 g/mol. The highest BCUT2D eigenvalue weighted by molar-refractivity contribution is 5.75. The fraction of sp³-hybridized carbons (Fsp3) is 0.933. The van der Waals surface area contributed by atoms with Gasteiger partial charge < -0.3 is 10.0 Å². The highest BCUT2D eigenvalue weighted by Gasteiger charge is 2.41. The van der Waals surface area contributed by atoms with E-state index in [2.05, 4.69) is 16.7 Å². The average Bonchev–Trinajstić information content (AvgIpc) is 2.42. The Hall–Kier alpha value is -0.610. The highest BCUT2D eigenvalue weighted by atomic mass is 16.4. The molecule has 1 saturated carbocycles. The molecule has 0 aromatic rings. The van der Waals surface area contributed by atoms with Gasteiger partial charge in [0.2, 0.25) is 0 Å². The molecule has 1 saturated heterocycles. The molecule has 0 atom stereocenters. The lowest BCUT2D eigenvalue weighted by molar-refractivity contribution is -0.152. The van der Waals surface area contributed by atoms with Crippen molar-refractivity contribution in [1.82, 2.24) is 9.80 Å². The first-order chi connectivity index (χ1) is 9.16. The maximum Gasteiger partial charge on any atom is 0.310 e. The number of hydrogen-bond donors (Lipinski definition) is 1. The lowest BCUT2D eigenvalue weighted by Crippen LogP contribution is -2.52. The van der Waals surface area contributed by atoms with Crippen LogP contribution in [-0.2, 0) is 4.79 Å². The van der Waals surface area contributed by atoms with Crippen LogP contribution < -0.4 is 0 Å². The van der Waals surface area contributed by atoms with Crippen LogP contribution in [0.2, 0.25) is 0 Å². The predicted octanol–water partition coefficient (Wildman–Crippen LogP) is 2.05. The SMILES string of the molecule is CCCN1CCN(CC2(C(=O)O)CCCCC2)CC1. The third-order valence-electron chi connectivity index (χ3n) is 4.80. The van der Waals surface area contributed by atoms with Crippen molar-refractivity contribution in [2.75, 3.05) is 39.3 Å². The minimum atomic E-state index is -0.566. The molecule has 1 aliphatic carbocycles. The Labute approximate surface area is 116 Å². The van der Waals surface area contributed by atoms with E-state index in [0.717, 1.165) is 58.4 Å². The number of piperazine rings is 1. The summed E-state index contributed by atoms with van der Waals surface area (Å²) >= 11 is 0. The van der Waals surface area contributed by atoms with E-state index in [-0.39, 0.29) is 0 Å². The Morgan fingerprint density at radius 3 is 2.16 bits per heavy atom. The Bertz CT molecular complexity index is 293. The topological polar surface area (TPSA) is 43.8 Å². The van der Waals surface area contributed by atoms with Crippen LogP contribution in [0.5, 0.6) is 0 Å². The fourth-order valence-electron chi connectivity index (χ4n) is 3.58. The van der Waals surface area contributed by atoms with Gasteiger partial charge in [0.15, 0.2) is 0 Å². The molecule has 0 spiro atoms. The first kappa shape index (κ1) is 14.8. The molecule has 4 nitrogen and oxygen atoms in total. The molecule has 4 heteroatoms. The first-order valence-corrected chi connectivity index (χ1v) is 7.84. The summed E-state index contributed by atoms with van der Waals surface area (Å²) in [6.07, 6.45) is 6.33. The van der Waals surface area contributed by atoms with Crippen molar-refractivity contribution in [3.63, 3.8) is 0 Å². The molecule has 19 heavy (non-hydrogen) atoms. The highest BCUT2D eigenvalue weighted by Crippen LogP contribution is 2.37. The van der Waals surface area contributed by atoms with Crippen LogP contribution in [0.3, 0.4) is 0 Å². The standard InChI is InChI=1S/C15H28N2O2/c1-2-8-16-9-11-17(12-10-16)13-15(14(18)19)6-4-3-5-7-15/h2-13H2,1H3,(H,18,19). The summed E-state index contributed by atoms with van der Waals surface area (Å²) in [6, 6.07) is 0. The van der Waals surface area contributed by atoms with E-state index in [4.69, 9.17) is 0 Å². The van der Waals surface area contributed by atoms with Crippen molar-refractivity contribution in [3.8, 4) is 0 Å². The van der Waals surface area contributed by atoms with Crippen LogP contribution in [0.15, 0.2) is 0 Å². The van der Waals surface area contributed by atoms with Crippen molar-refractivity contribution < 1.29 is 9.90 Å². The van der Waals surface area contributed by atoms with Gasteiger partial charge in [0.1, 0.15) is 0 Å². The van der Waals surface area contributed by atoms with Gasteiger partial charge in [-0.05, 0) is 25.8 Å². The van der Waals surface area contributed by atoms with Gasteiger partial charge in [-0.15, -0.1) is 0 Å². The normalized spacial score (nSPS) is 25.3. The van der Waals surface area contributed by atoms with E-state index in [0.29, 0.717) is 0 Å². The molecule has 1 N–H and O–H groups in total. The van der Waals surface area contributed by atoms with E-state index in [1.807, 2.05) is 0 Å². The Balaban J connectivity index is 1.87. The number of carbonyl (C=O) groups is 1. The molecule has 0 aromatic carbocycles. The van der Waals surface area contributed by atoms with Crippen LogP contribution in [0.25, 0.3) is 0 Å². The van der Waals surface area contributed by atoms with Crippen LogP contribution in [-0.4, -0.2) is 60.1 Å². The van der Waals surface area contributed by atoms with Gasteiger partial charge in [-0.2, -0.15) is 0 Å². The molecule has 0 bridgehead atoms. The second kappa shape index (κ2) is 6.71. The predicted molar refractivity (Wildman–Crippen MR) is 76.3 cm³/mol. The van der Waals surface area contributed by atoms with Crippen LogP contribution in [0, 0.1) is 5.41 Å². The van der Waals surface area contributed by atoms with E-state index < -0.39 is 11.4 Å². The molecule has 0 unspecified atom stereocenters. The van der Waals surface area contributed by atoms with E-state index >= 15 is 0 Å². The van der Waals surface area contributed by atoms with Gasteiger partial charge >= 0.3 is 5.97 Å². The van der Waals surface area contributed by atoms with Gasteiger partial charge in [-0.1, -0.05) is 26.2 Å². The summed E-state index contributed by atoms with van der Waals surface area (Å²) in [5.74, 6) is -0.566. The fourth-order valence-corrected chi connectivity index (χ4v) is 3.58. The zero-order valence-electron chi connectivity index (χ0n) is 12.2. The largest absolute Gasteiger partial charge is 0.481 e. The van der Waals surface area contributed by atoms with Crippen LogP contribution >= 0.6 is 0 Å². The summed E-state index contributed by atoms with van der Waals surface area (Å²) in [5, 5.41) is 9.62. The smallest absolute Gasteiger partial charge is 0.310 e. The van der Waals surface area contributed by atoms with Gasteiger partial charge in [-0.25, -0.2) is 0 Å². The zero-order valence-corrected chi connectivity index (χ0v) is 12.2. The Morgan fingerprint density at radius 1 is 1.05 bits per heavy atom. The summed E-state index contributed by atoms with van der Waals surface area (Å²) in [5.41, 5.74) is -0.453. The molecule has 0 aromatic heterocycles. The Kier molecular flexibility index (Phi) is 5.22. The molecular formula is C15H28N2O2. The first-order valence-electron chi connectivity index (χ1n) is 7.84.